The Labute approximate surface area is 529 Å². The smallest absolute Gasteiger partial charge is 0.343 e. The summed E-state index contributed by atoms with van der Waals surface area (Å²) < 4.78 is 25.0. The number of carbonyl (C=O) groups excluding carboxylic acids is 3. The van der Waals surface area contributed by atoms with Gasteiger partial charge in [-0.3, -0.25) is 0 Å². The molecule has 0 fully saturated rings. The van der Waals surface area contributed by atoms with Crippen LogP contribution in [0, 0.1) is 0 Å². The normalized spacial score (nSPS) is 11.7. The molecule has 3 aromatic heterocycles. The number of rotatable bonds is 14. The standard InChI is InChI=1S/C83H55N3O6/c87-80(56-30-42-62(43-31-56)84-74-24-10-4-18-68(74)69-19-5-11-25-75(69)84)90-65-48-36-59(37-49-65)83(54-55-16-2-1-3-17-55,60-38-50-66(51-39-60)91-81(88)57-32-44-63(45-33-57)85-76-26-12-6-20-70(76)71-21-7-13-27-77(71)85)61-40-52-67(53-41-61)92-82(89)58-34-46-64(47-35-58)86-78-28-14-8-22-72(78)73-23-9-15-29-79(73)86/h1-53H,54H2. The maximum absolute atomic E-state index is 14.0. The number of aromatic nitrogens is 3. The molecule has 9 nitrogen and oxygen atoms in total. The molecule has 0 unspecified atom stereocenters. The zero-order chi connectivity index (χ0) is 61.7. The minimum absolute atomic E-state index is 0.370. The highest BCUT2D eigenvalue weighted by Crippen LogP contribution is 2.45. The lowest BCUT2D eigenvalue weighted by Crippen LogP contribution is -2.32. The van der Waals surface area contributed by atoms with E-state index >= 15 is 0 Å². The van der Waals surface area contributed by atoms with Crippen molar-refractivity contribution in [2.75, 3.05) is 0 Å². The minimum Gasteiger partial charge on any atom is -0.423 e. The summed E-state index contributed by atoms with van der Waals surface area (Å²) in [4.78, 5) is 42.0. The van der Waals surface area contributed by atoms with Crippen LogP contribution in [-0.4, -0.2) is 31.6 Å². The first-order chi connectivity index (χ1) is 45.3. The van der Waals surface area contributed by atoms with Crippen LogP contribution in [0.25, 0.3) is 82.5 Å². The van der Waals surface area contributed by atoms with Gasteiger partial charge >= 0.3 is 17.9 Å². The predicted molar refractivity (Wildman–Crippen MR) is 367 cm³/mol. The average molecular weight is 1190 g/mol. The molecule has 0 N–H and O–H groups in total. The maximum atomic E-state index is 14.0. The zero-order valence-corrected chi connectivity index (χ0v) is 49.6. The van der Waals surface area contributed by atoms with Crippen molar-refractivity contribution < 1.29 is 28.6 Å². The van der Waals surface area contributed by atoms with Crippen LogP contribution < -0.4 is 14.2 Å². The number of hydrogen-bond acceptors (Lipinski definition) is 6. The molecular weight excluding hydrogens is 1130 g/mol. The number of fused-ring (bicyclic) bond motifs is 9. The summed E-state index contributed by atoms with van der Waals surface area (Å²) in [5.74, 6) is -0.361. The highest BCUT2D eigenvalue weighted by Gasteiger charge is 2.37. The molecule has 0 amide bonds. The Kier molecular flexibility index (Phi) is 13.7. The molecule has 92 heavy (non-hydrogen) atoms. The molecule has 9 heteroatoms. The fraction of sp³-hybridized carbons (Fsp3) is 0.0241. The molecule has 0 spiro atoms. The molecule has 16 rings (SSSR count). The second-order valence-corrected chi connectivity index (χ2v) is 23.1. The van der Waals surface area contributed by atoms with E-state index in [0.717, 1.165) is 105 Å². The number of ether oxygens (including phenoxy) is 3. The summed E-state index contributed by atoms with van der Waals surface area (Å²) in [7, 11) is 0. The zero-order valence-electron chi connectivity index (χ0n) is 49.6. The molecule has 438 valence electrons. The van der Waals surface area contributed by atoms with E-state index in [-0.39, 0.29) is 0 Å². The SMILES string of the molecule is O=C(Oc1ccc(C(Cc2ccccc2)(c2ccc(OC(=O)c3ccc(-n4c5ccccc5c5ccccc54)cc3)cc2)c2ccc(OC(=O)c3ccc(-n4c5ccccc5c5ccccc54)cc3)cc2)cc1)c1ccc(-n2c3ccccc3c3ccccc32)cc1. The van der Waals surface area contributed by atoms with Crippen LogP contribution in [0.5, 0.6) is 17.2 Å². The highest BCUT2D eigenvalue weighted by molar-refractivity contribution is 6.11. The van der Waals surface area contributed by atoms with Gasteiger partial charge in [0, 0.05) is 54.8 Å². The van der Waals surface area contributed by atoms with Crippen LogP contribution in [-0.2, 0) is 11.8 Å². The molecule has 0 saturated carbocycles. The van der Waals surface area contributed by atoms with E-state index in [9.17, 15) is 14.4 Å². The third-order valence-electron chi connectivity index (χ3n) is 17.8. The first kappa shape index (κ1) is 55.0. The quantitative estimate of drug-likeness (QED) is 0.0612. The molecular formula is C83H55N3O6. The second kappa shape index (κ2) is 23.0. The van der Waals surface area contributed by atoms with Gasteiger partial charge in [-0.1, -0.05) is 176 Å². The van der Waals surface area contributed by atoms with Crippen molar-refractivity contribution in [1.82, 2.24) is 13.7 Å². The summed E-state index contributed by atoms with van der Waals surface area (Å²) in [5.41, 5.74) is 13.3. The van der Waals surface area contributed by atoms with Crippen molar-refractivity contribution in [1.29, 1.82) is 0 Å². The van der Waals surface area contributed by atoms with E-state index in [1.54, 1.807) is 36.4 Å². The van der Waals surface area contributed by atoms with Crippen LogP contribution in [0.4, 0.5) is 0 Å². The molecule has 0 atom stereocenters. The minimum atomic E-state index is -0.914. The summed E-state index contributed by atoms with van der Waals surface area (Å²) in [6, 6.07) is 106. The molecule has 0 aliphatic rings. The molecule has 16 aromatic rings. The van der Waals surface area contributed by atoms with Crippen molar-refractivity contribution in [3.63, 3.8) is 0 Å². The number of carbonyl (C=O) groups is 3. The van der Waals surface area contributed by atoms with Gasteiger partial charge in [0.1, 0.15) is 17.2 Å². The first-order valence-electron chi connectivity index (χ1n) is 30.6. The highest BCUT2D eigenvalue weighted by atomic mass is 16.5. The Hall–Kier alpha value is -12.3. The van der Waals surface area contributed by atoms with Gasteiger partial charge in [-0.05, 0) is 174 Å². The fourth-order valence-electron chi connectivity index (χ4n) is 13.5. The van der Waals surface area contributed by atoms with Gasteiger partial charge in [0.25, 0.3) is 0 Å². The van der Waals surface area contributed by atoms with Crippen LogP contribution in [0.3, 0.4) is 0 Å². The molecule has 13 aromatic carbocycles. The van der Waals surface area contributed by atoms with Crippen LogP contribution in [0.1, 0.15) is 53.3 Å². The lowest BCUT2D eigenvalue weighted by molar-refractivity contribution is 0.0725. The van der Waals surface area contributed by atoms with E-state index in [2.05, 4.69) is 98.6 Å². The molecule has 3 heterocycles. The van der Waals surface area contributed by atoms with Crippen molar-refractivity contribution in [3.8, 4) is 34.3 Å². The predicted octanol–water partition coefficient (Wildman–Crippen LogP) is 19.2. The summed E-state index contributed by atoms with van der Waals surface area (Å²) in [6.07, 6.45) is 0.486. The van der Waals surface area contributed by atoms with Gasteiger partial charge in [0.05, 0.1) is 49.8 Å². The van der Waals surface area contributed by atoms with E-state index in [1.165, 1.54) is 0 Å². The summed E-state index contributed by atoms with van der Waals surface area (Å²) in [6.45, 7) is 0. The van der Waals surface area contributed by atoms with Crippen LogP contribution >= 0.6 is 0 Å². The monoisotopic (exact) mass is 1190 g/mol. The van der Waals surface area contributed by atoms with Crippen molar-refractivity contribution >= 4 is 83.3 Å². The Balaban J connectivity index is 0.708. The lowest BCUT2D eigenvalue weighted by Gasteiger charge is -2.36. The fourth-order valence-corrected chi connectivity index (χ4v) is 13.5. The Morgan fingerprint density at radius 3 is 0.728 bits per heavy atom. The molecule has 0 aliphatic carbocycles. The van der Waals surface area contributed by atoms with Gasteiger partial charge in [-0.2, -0.15) is 0 Å². The lowest BCUT2D eigenvalue weighted by atomic mass is 9.66. The van der Waals surface area contributed by atoms with Crippen molar-refractivity contribution in [2.24, 2.45) is 0 Å². The number of hydrogen-bond donors (Lipinski definition) is 0. The van der Waals surface area contributed by atoms with Crippen LogP contribution in [0.2, 0.25) is 0 Å². The van der Waals surface area contributed by atoms with Gasteiger partial charge in [0.2, 0.25) is 0 Å². The van der Waals surface area contributed by atoms with E-state index < -0.39 is 23.3 Å². The number of para-hydroxylation sites is 6. The first-order valence-corrected chi connectivity index (χ1v) is 30.6. The average Bonchev–Trinajstić information content (AvgIpc) is 1.92. The van der Waals surface area contributed by atoms with E-state index in [4.69, 9.17) is 14.2 Å². The van der Waals surface area contributed by atoms with E-state index in [1.807, 2.05) is 200 Å². The number of nitrogens with zero attached hydrogens (tertiary/aromatic N) is 3. The second-order valence-electron chi connectivity index (χ2n) is 23.1. The van der Waals surface area contributed by atoms with E-state index in [0.29, 0.717) is 40.4 Å². The molecule has 0 radical (unpaired) electrons. The Morgan fingerprint density at radius 1 is 0.250 bits per heavy atom. The van der Waals surface area contributed by atoms with Crippen LogP contribution in [0.15, 0.2) is 322 Å². The topological polar surface area (TPSA) is 93.7 Å². The Morgan fingerprint density at radius 2 is 0.478 bits per heavy atom. The van der Waals surface area contributed by atoms with Gasteiger partial charge in [0.15, 0.2) is 0 Å². The maximum Gasteiger partial charge on any atom is 0.343 e. The number of esters is 3. The largest absolute Gasteiger partial charge is 0.423 e. The molecule has 0 bridgehead atoms. The van der Waals surface area contributed by atoms with Gasteiger partial charge in [-0.25, -0.2) is 14.4 Å². The Bertz CT molecular complexity index is 4800. The summed E-state index contributed by atoms with van der Waals surface area (Å²) in [5, 5.41) is 6.93. The molecule has 0 aliphatic heterocycles. The van der Waals surface area contributed by atoms with Crippen molar-refractivity contribution in [3.05, 3.63) is 360 Å². The third-order valence-corrected chi connectivity index (χ3v) is 17.8. The van der Waals surface area contributed by atoms with Crippen molar-refractivity contribution in [2.45, 2.75) is 11.8 Å². The van der Waals surface area contributed by atoms with Gasteiger partial charge in [-0.15, -0.1) is 0 Å². The number of benzene rings is 13. The molecule has 0 saturated heterocycles. The third kappa shape index (κ3) is 9.73. The summed E-state index contributed by atoms with van der Waals surface area (Å²) >= 11 is 0. The van der Waals surface area contributed by atoms with Gasteiger partial charge < -0.3 is 27.9 Å².